The molecule has 0 aliphatic carbocycles. The van der Waals surface area contributed by atoms with Crippen molar-refractivity contribution in [3.05, 3.63) is 57.5 Å². The van der Waals surface area contributed by atoms with Gasteiger partial charge in [-0.3, -0.25) is 0 Å². The third kappa shape index (κ3) is 4.72. The molecule has 2 aromatic carbocycles. The third-order valence-electron chi connectivity index (χ3n) is 2.48. The Kier molecular flexibility index (Phi) is 6.88. The molecule has 0 fully saturated rings. The number of rotatable bonds is 5. The van der Waals surface area contributed by atoms with Crippen molar-refractivity contribution < 1.29 is 9.47 Å². The summed E-state index contributed by atoms with van der Waals surface area (Å²) in [7, 11) is 0. The zero-order chi connectivity index (χ0) is 16.4. The van der Waals surface area contributed by atoms with Crippen LogP contribution in [0.3, 0.4) is 0 Å². The fourth-order valence-electron chi connectivity index (χ4n) is 1.46. The smallest absolute Gasteiger partial charge is 0.277 e. The average molecular weight is 688 g/mol. The highest BCUT2D eigenvalue weighted by atomic mass is 79.9. The van der Waals surface area contributed by atoms with E-state index in [0.717, 1.165) is 8.95 Å². The third-order valence-corrected chi connectivity index (χ3v) is 9.50. The minimum Gasteiger partial charge on any atom is -0.460 e. The predicted octanol–water partition coefficient (Wildman–Crippen LogP) is 7.56. The van der Waals surface area contributed by atoms with Gasteiger partial charge in [-0.15, -0.1) is 0 Å². The summed E-state index contributed by atoms with van der Waals surface area (Å²) in [5.74, 6) is 1.31. The van der Waals surface area contributed by atoms with Crippen LogP contribution in [0.25, 0.3) is 0 Å². The van der Waals surface area contributed by atoms with E-state index in [0.29, 0.717) is 11.5 Å². The lowest BCUT2D eigenvalue weighted by Gasteiger charge is -2.34. The van der Waals surface area contributed by atoms with E-state index in [1.54, 1.807) is 0 Å². The van der Waals surface area contributed by atoms with Gasteiger partial charge in [0.2, 0.25) is 0 Å². The van der Waals surface area contributed by atoms with E-state index in [1.165, 1.54) is 0 Å². The molecule has 0 aliphatic rings. The van der Waals surface area contributed by atoms with Crippen LogP contribution in [-0.2, 0) is 0 Å². The molecule has 2 aromatic rings. The Morgan fingerprint density at radius 1 is 0.682 bits per heavy atom. The first-order valence-electron chi connectivity index (χ1n) is 5.86. The molecular formula is C14H8Br6O2. The second-order valence-corrected chi connectivity index (χ2v) is 12.3. The summed E-state index contributed by atoms with van der Waals surface area (Å²) < 4.78 is 11.4. The van der Waals surface area contributed by atoms with Gasteiger partial charge in [0.05, 0.1) is 4.47 Å². The summed E-state index contributed by atoms with van der Waals surface area (Å²) in [5.41, 5.74) is 0. The van der Waals surface area contributed by atoms with Gasteiger partial charge in [0.25, 0.3) is 6.84 Å². The summed E-state index contributed by atoms with van der Waals surface area (Å²) in [4.78, 5) is 0. The first kappa shape index (κ1) is 19.2. The van der Waals surface area contributed by atoms with Gasteiger partial charge in [0.15, 0.2) is 0 Å². The summed E-state index contributed by atoms with van der Waals surface area (Å²) in [6.45, 7) is 0. The molecule has 0 saturated carbocycles. The lowest BCUT2D eigenvalue weighted by Crippen LogP contribution is -2.44. The van der Waals surface area contributed by atoms with Crippen LogP contribution in [0.5, 0.6) is 11.5 Å². The second kappa shape index (κ2) is 7.87. The monoisotopic (exact) mass is 682 g/mol. The van der Waals surface area contributed by atoms with Gasteiger partial charge < -0.3 is 9.47 Å². The molecule has 0 heterocycles. The maximum absolute atomic E-state index is 5.99. The molecule has 0 atom stereocenters. The number of halogens is 6. The van der Waals surface area contributed by atoms with Crippen LogP contribution in [0, 0.1) is 0 Å². The van der Waals surface area contributed by atoms with E-state index in [9.17, 15) is 0 Å². The van der Waals surface area contributed by atoms with E-state index in [1.807, 2.05) is 48.5 Å². The Morgan fingerprint density at radius 2 is 1.27 bits per heavy atom. The average Bonchev–Trinajstić information content (AvgIpc) is 2.44. The molecule has 2 rings (SSSR count). The fourth-order valence-corrected chi connectivity index (χ4v) is 3.20. The Bertz CT molecular complexity index is 645. The molecule has 0 bridgehead atoms. The zero-order valence-corrected chi connectivity index (χ0v) is 20.2. The Hall–Kier alpha value is 0.920. The highest BCUT2D eigenvalue weighted by molar-refractivity contribution is 9.30. The largest absolute Gasteiger partial charge is 0.460 e. The van der Waals surface area contributed by atoms with Gasteiger partial charge >= 0.3 is 0 Å². The minimum atomic E-state index is -1.08. The van der Waals surface area contributed by atoms with Gasteiger partial charge in [-0.2, -0.15) is 0 Å². The molecule has 0 amide bonds. The van der Waals surface area contributed by atoms with E-state index in [4.69, 9.17) is 9.47 Å². The van der Waals surface area contributed by atoms with Crippen molar-refractivity contribution in [3.63, 3.8) is 0 Å². The van der Waals surface area contributed by atoms with Crippen molar-refractivity contribution in [2.24, 2.45) is 0 Å². The summed E-state index contributed by atoms with van der Waals surface area (Å²) in [5, 5.41) is 0. The maximum atomic E-state index is 5.99. The Morgan fingerprint density at radius 3 is 1.91 bits per heavy atom. The molecule has 0 spiro atoms. The SMILES string of the molecule is Brc1cccc(OC(Br)(Br)C(Br)(Br)Oc2ccccc2)c1Br. The van der Waals surface area contributed by atoms with Crippen LogP contribution in [0.1, 0.15) is 0 Å². The summed E-state index contributed by atoms with van der Waals surface area (Å²) >= 11 is 20.9. The zero-order valence-electron chi connectivity index (χ0n) is 10.7. The first-order valence-corrected chi connectivity index (χ1v) is 10.6. The number of ether oxygens (including phenoxy) is 2. The number of hydrogen-bond acceptors (Lipinski definition) is 2. The highest BCUT2D eigenvalue weighted by Gasteiger charge is 2.50. The molecule has 2 nitrogen and oxygen atoms in total. The summed E-state index contributed by atoms with van der Waals surface area (Å²) in [6, 6.07) is 15.0. The van der Waals surface area contributed by atoms with Crippen LogP contribution < -0.4 is 9.47 Å². The normalized spacial score (nSPS) is 12.1. The van der Waals surface area contributed by atoms with E-state index < -0.39 is 6.84 Å². The standard InChI is InChI=1S/C14H8Br6O2/c15-10-7-4-8-11(12(10)16)22-14(19,20)13(17,18)21-9-5-2-1-3-6-9/h1-8H. The van der Waals surface area contributed by atoms with Crippen LogP contribution in [0.2, 0.25) is 0 Å². The lowest BCUT2D eigenvalue weighted by atomic mass is 10.3. The molecule has 0 unspecified atom stereocenters. The topological polar surface area (TPSA) is 18.5 Å². The van der Waals surface area contributed by atoms with Crippen LogP contribution in [0.15, 0.2) is 57.5 Å². The van der Waals surface area contributed by atoms with Crippen LogP contribution in [0.4, 0.5) is 0 Å². The molecule has 8 heteroatoms. The van der Waals surface area contributed by atoms with Crippen molar-refractivity contribution in [3.8, 4) is 11.5 Å². The fraction of sp³-hybridized carbons (Fsp3) is 0.143. The molecule has 0 N–H and O–H groups in total. The lowest BCUT2D eigenvalue weighted by molar-refractivity contribution is 0.141. The van der Waals surface area contributed by atoms with Crippen LogP contribution in [-0.4, -0.2) is 6.84 Å². The van der Waals surface area contributed by atoms with E-state index in [-0.39, 0.29) is 0 Å². The molecule has 0 aromatic heterocycles. The minimum absolute atomic E-state index is 0.628. The van der Waals surface area contributed by atoms with E-state index in [2.05, 4.69) is 95.6 Å². The number of hydrogen-bond donors (Lipinski definition) is 0. The van der Waals surface area contributed by atoms with Crippen molar-refractivity contribution >= 4 is 95.6 Å². The van der Waals surface area contributed by atoms with Gasteiger partial charge in [0.1, 0.15) is 11.5 Å². The Labute approximate surface area is 179 Å². The molecule has 0 saturated heterocycles. The first-order chi connectivity index (χ1) is 10.2. The maximum Gasteiger partial charge on any atom is 0.277 e. The molecular weight excluding hydrogens is 680 g/mol. The molecule has 0 radical (unpaired) electrons. The van der Waals surface area contributed by atoms with Gasteiger partial charge in [-0.1, -0.05) is 24.3 Å². The van der Waals surface area contributed by atoms with Crippen molar-refractivity contribution in [2.75, 3.05) is 0 Å². The Balaban J connectivity index is 2.22. The number of alkyl halides is 4. The van der Waals surface area contributed by atoms with Gasteiger partial charge in [0, 0.05) is 4.47 Å². The van der Waals surface area contributed by atoms with Gasteiger partial charge in [-0.25, -0.2) is 0 Å². The summed E-state index contributed by atoms with van der Waals surface area (Å²) in [6.07, 6.45) is 0. The molecule has 118 valence electrons. The van der Waals surface area contributed by atoms with Gasteiger partial charge in [-0.05, 0) is 120 Å². The van der Waals surface area contributed by atoms with Crippen molar-refractivity contribution in [1.82, 2.24) is 0 Å². The van der Waals surface area contributed by atoms with E-state index >= 15 is 0 Å². The molecule has 0 aliphatic heterocycles. The quantitative estimate of drug-likeness (QED) is 0.303. The van der Waals surface area contributed by atoms with Crippen molar-refractivity contribution in [2.45, 2.75) is 6.84 Å². The number of para-hydroxylation sites is 1. The number of benzene rings is 2. The molecule has 22 heavy (non-hydrogen) atoms. The van der Waals surface area contributed by atoms with Crippen molar-refractivity contribution in [1.29, 1.82) is 0 Å². The van der Waals surface area contributed by atoms with Crippen LogP contribution >= 0.6 is 95.6 Å². The highest BCUT2D eigenvalue weighted by Crippen LogP contribution is 2.51. The second-order valence-electron chi connectivity index (χ2n) is 4.10. The predicted molar refractivity (Wildman–Crippen MR) is 111 cm³/mol.